The van der Waals surface area contributed by atoms with Gasteiger partial charge in [0.05, 0.1) is 5.02 Å². The first-order valence-corrected chi connectivity index (χ1v) is 15.1. The van der Waals surface area contributed by atoms with Gasteiger partial charge in [0.15, 0.2) is 5.71 Å². The molecule has 3 atom stereocenters. The van der Waals surface area contributed by atoms with E-state index >= 15 is 0 Å². The number of tetrazole rings is 1. The van der Waals surface area contributed by atoms with Crippen molar-refractivity contribution in [3.8, 4) is 5.75 Å². The molecule has 2 aliphatic rings. The number of carboxylic acid groups (broad SMARTS) is 1. The highest BCUT2D eigenvalue weighted by molar-refractivity contribution is 8.01. The van der Waals surface area contributed by atoms with Gasteiger partial charge in [0.2, 0.25) is 11.3 Å². The van der Waals surface area contributed by atoms with E-state index in [2.05, 4.69) is 26.0 Å². The van der Waals surface area contributed by atoms with E-state index in [0.717, 1.165) is 4.90 Å². The van der Waals surface area contributed by atoms with Crippen molar-refractivity contribution in [1.82, 2.24) is 30.4 Å². The predicted octanol–water partition coefficient (Wildman–Crippen LogP) is 1.55. The number of β-lactam (4-membered cyclic amide) rings is 1. The maximum Gasteiger partial charge on any atom is 0.352 e. The number of ether oxygens (including phenoxy) is 1. The van der Waals surface area contributed by atoms with Crippen LogP contribution in [0.15, 0.2) is 39.8 Å². The van der Waals surface area contributed by atoms with Crippen molar-refractivity contribution in [2.24, 2.45) is 12.2 Å². The minimum Gasteiger partial charge on any atom is -0.506 e. The predicted molar refractivity (Wildman–Crippen MR) is 155 cm³/mol. The molecule has 1 fully saturated rings. The number of hydrogen-bond acceptors (Lipinski definition) is 13. The number of aliphatic carboxylic acids is 1. The van der Waals surface area contributed by atoms with Gasteiger partial charge in [0.25, 0.3) is 11.8 Å². The van der Waals surface area contributed by atoms with E-state index in [1.54, 1.807) is 27.8 Å². The molecular formula is C25H28ClN7O8S2. The highest BCUT2D eigenvalue weighted by Crippen LogP contribution is 2.41. The van der Waals surface area contributed by atoms with Crippen molar-refractivity contribution in [1.29, 1.82) is 0 Å². The number of oxime groups is 1. The molecule has 0 radical (unpaired) electrons. The first-order valence-electron chi connectivity index (χ1n) is 12.7. The largest absolute Gasteiger partial charge is 0.506 e. The molecule has 0 spiro atoms. The molecule has 1 saturated heterocycles. The Bertz CT molecular complexity index is 1520. The molecular weight excluding hydrogens is 626 g/mol. The van der Waals surface area contributed by atoms with Crippen LogP contribution in [0.1, 0.15) is 33.3 Å². The Morgan fingerprint density at radius 3 is 2.65 bits per heavy atom. The molecule has 2 aliphatic heterocycles. The summed E-state index contributed by atoms with van der Waals surface area (Å²) < 4.78 is 6.72. The Morgan fingerprint density at radius 1 is 1.33 bits per heavy atom. The molecule has 1 aromatic carbocycles. The van der Waals surface area contributed by atoms with E-state index in [0.29, 0.717) is 10.7 Å². The minimum atomic E-state index is -1.28. The van der Waals surface area contributed by atoms with Crippen LogP contribution in [0, 0.1) is 0 Å². The summed E-state index contributed by atoms with van der Waals surface area (Å²) in [5, 5.41) is 37.1. The molecule has 0 bridgehead atoms. The third-order valence-electron chi connectivity index (χ3n) is 5.97. The van der Waals surface area contributed by atoms with Crippen molar-refractivity contribution in [2.45, 2.75) is 56.0 Å². The second-order valence-corrected chi connectivity index (χ2v) is 12.8. The lowest BCUT2D eigenvalue weighted by Crippen LogP contribution is -2.71. The standard InChI is InChI=1S/C25H28ClN7O8S2/c1-11(23(39)40-25(2,3)4)41-29-16(12-6-7-15(34)14(26)8-12)19(35)27-17-20(36)33-18(22(37)38)13(9-42-21(17)33)10-43-24-28-30-31-32(24)5/h6-8,11,17,21,34H,9-10H2,1-5H3,(H,27,35)(H,37,38)/t11?,17?,21-/m1/s1. The maximum absolute atomic E-state index is 13.4. The van der Waals surface area contributed by atoms with E-state index in [1.807, 2.05) is 0 Å². The Labute approximate surface area is 259 Å². The molecule has 0 aliphatic carbocycles. The SMILES string of the molecule is CC(ON=C(C(=O)NC1C(=O)N2C(C(=O)O)=C(CSc3nnnn3C)CS[C@H]12)c1ccc(O)c(Cl)c1)C(=O)OC(C)(C)C. The number of phenols is 1. The van der Waals surface area contributed by atoms with E-state index in [4.69, 9.17) is 21.2 Å². The minimum absolute atomic E-state index is 0.0781. The summed E-state index contributed by atoms with van der Waals surface area (Å²) in [7, 11) is 1.65. The zero-order valence-electron chi connectivity index (χ0n) is 23.6. The fourth-order valence-electron chi connectivity index (χ4n) is 3.94. The number of halogens is 1. The van der Waals surface area contributed by atoms with Gasteiger partial charge in [-0.3, -0.25) is 14.5 Å². The first-order chi connectivity index (χ1) is 20.2. The number of rotatable bonds is 10. The third kappa shape index (κ3) is 7.22. The Morgan fingerprint density at radius 2 is 2.05 bits per heavy atom. The number of esters is 1. The molecule has 3 heterocycles. The highest BCUT2D eigenvalue weighted by Gasteiger charge is 2.54. The normalized spacial score (nSPS) is 19.3. The van der Waals surface area contributed by atoms with E-state index < -0.39 is 46.9 Å². The number of aryl methyl sites for hydroxylation is 1. The molecule has 2 unspecified atom stereocenters. The molecule has 2 amide bonds. The van der Waals surface area contributed by atoms with Crippen LogP contribution in [0.2, 0.25) is 5.02 Å². The average Bonchev–Trinajstić information content (AvgIpc) is 3.34. The van der Waals surface area contributed by atoms with Crippen LogP contribution in [0.25, 0.3) is 0 Å². The van der Waals surface area contributed by atoms with Gasteiger partial charge in [-0.1, -0.05) is 28.5 Å². The molecule has 3 N–H and O–H groups in total. The number of thioether (sulfide) groups is 2. The lowest BCUT2D eigenvalue weighted by atomic mass is 10.0. The lowest BCUT2D eigenvalue weighted by Gasteiger charge is -2.49. The molecule has 4 rings (SSSR count). The number of carbonyl (C=O) groups is 4. The molecule has 2 aromatic rings. The van der Waals surface area contributed by atoms with Gasteiger partial charge in [-0.25, -0.2) is 14.3 Å². The number of nitrogens with one attached hydrogen (secondary N) is 1. The molecule has 15 nitrogen and oxygen atoms in total. The van der Waals surface area contributed by atoms with Gasteiger partial charge < -0.3 is 25.1 Å². The number of benzene rings is 1. The number of nitrogens with zero attached hydrogens (tertiary/aromatic N) is 6. The monoisotopic (exact) mass is 653 g/mol. The first kappa shape index (κ1) is 32.1. The second-order valence-electron chi connectivity index (χ2n) is 10.4. The second kappa shape index (κ2) is 12.8. The maximum atomic E-state index is 13.4. The number of hydrogen-bond donors (Lipinski definition) is 3. The average molecular weight is 654 g/mol. The van der Waals surface area contributed by atoms with E-state index in [1.165, 1.54) is 53.3 Å². The van der Waals surface area contributed by atoms with Crippen LogP contribution in [-0.4, -0.2) is 99.4 Å². The number of carbonyl (C=O) groups excluding carboxylic acids is 3. The summed E-state index contributed by atoms with van der Waals surface area (Å²) in [5.41, 5.74) is -0.653. The quantitative estimate of drug-likeness (QED) is 0.110. The van der Waals surface area contributed by atoms with Crippen molar-refractivity contribution in [2.75, 3.05) is 11.5 Å². The van der Waals surface area contributed by atoms with Crippen LogP contribution >= 0.6 is 35.1 Å². The number of aromatic nitrogens is 4. The summed E-state index contributed by atoms with van der Waals surface area (Å²) in [6.45, 7) is 6.44. The van der Waals surface area contributed by atoms with Gasteiger partial charge >= 0.3 is 11.9 Å². The van der Waals surface area contributed by atoms with Crippen LogP contribution in [0.4, 0.5) is 0 Å². The van der Waals surface area contributed by atoms with Crippen molar-refractivity contribution < 1.29 is 39.0 Å². The Hall–Kier alpha value is -3.83. The number of fused-ring (bicyclic) bond motifs is 1. The van der Waals surface area contributed by atoms with Crippen LogP contribution in [0.3, 0.4) is 0 Å². The third-order valence-corrected chi connectivity index (χ3v) is 8.71. The van der Waals surface area contributed by atoms with Crippen LogP contribution < -0.4 is 5.32 Å². The molecule has 1 aromatic heterocycles. The zero-order valence-corrected chi connectivity index (χ0v) is 26.0. The van der Waals surface area contributed by atoms with Crippen molar-refractivity contribution in [3.63, 3.8) is 0 Å². The lowest BCUT2D eigenvalue weighted by molar-refractivity contribution is -0.167. The van der Waals surface area contributed by atoms with Crippen molar-refractivity contribution >= 4 is 64.6 Å². The van der Waals surface area contributed by atoms with Gasteiger partial charge in [-0.05, 0) is 61.9 Å². The van der Waals surface area contributed by atoms with Gasteiger partial charge in [-0.15, -0.1) is 16.9 Å². The van der Waals surface area contributed by atoms with Gasteiger partial charge in [0, 0.05) is 24.1 Å². The Kier molecular flexibility index (Phi) is 9.56. The fourth-order valence-corrected chi connectivity index (χ4v) is 6.45. The molecule has 18 heteroatoms. The molecule has 0 saturated carbocycles. The van der Waals surface area contributed by atoms with Gasteiger partial charge in [0.1, 0.15) is 28.5 Å². The number of phenolic OH excluding ortho intramolecular Hbond substituents is 1. The fraction of sp³-hybridized carbons (Fsp3) is 0.440. The van der Waals surface area contributed by atoms with Crippen molar-refractivity contribution in [3.05, 3.63) is 40.1 Å². The number of carboxylic acids is 1. The Balaban J connectivity index is 1.53. The van der Waals surface area contributed by atoms with Gasteiger partial charge in [-0.2, -0.15) is 0 Å². The summed E-state index contributed by atoms with van der Waals surface area (Å²) in [4.78, 5) is 57.6. The van der Waals surface area contributed by atoms with E-state index in [9.17, 15) is 29.4 Å². The van der Waals surface area contributed by atoms with Crippen LogP contribution in [0.5, 0.6) is 5.75 Å². The molecule has 43 heavy (non-hydrogen) atoms. The number of amides is 2. The zero-order chi connectivity index (χ0) is 31.6. The van der Waals surface area contributed by atoms with E-state index in [-0.39, 0.29) is 39.3 Å². The summed E-state index contributed by atoms with van der Waals surface area (Å²) in [5.74, 6) is -3.20. The molecule has 230 valence electrons. The highest BCUT2D eigenvalue weighted by atomic mass is 35.5. The van der Waals surface area contributed by atoms with Crippen LogP contribution in [-0.2, 0) is 35.8 Å². The summed E-state index contributed by atoms with van der Waals surface area (Å²) in [6.07, 6.45) is -1.19. The topological polar surface area (TPSA) is 198 Å². The number of aromatic hydroxyl groups is 1. The summed E-state index contributed by atoms with van der Waals surface area (Å²) >= 11 is 8.56. The summed E-state index contributed by atoms with van der Waals surface area (Å²) in [6, 6.07) is 2.78. The smallest absolute Gasteiger partial charge is 0.352 e.